The number of piperidine rings is 1. The zero-order chi connectivity index (χ0) is 30.5. The Bertz CT molecular complexity index is 1950. The largest absolute Gasteiger partial charge is 0.382 e. The molecule has 0 atom stereocenters. The molecule has 1 aliphatic carbocycles. The molecule has 2 fully saturated rings. The molecule has 3 N–H and O–H groups in total. The van der Waals surface area contributed by atoms with Gasteiger partial charge in [0.05, 0.1) is 5.56 Å². The SMILES string of the molecule is Cc1ncccc1-c1c(C)n(C2CC2)cc(C(=O)Nc2ccc(-c3cc(C4CCN(C)CC4)n4ncnc(N)c34)cc2)c1=O. The number of likely N-dealkylation sites (tertiary alicyclic amines) is 1. The van der Waals surface area contributed by atoms with Crippen molar-refractivity contribution in [1.82, 2.24) is 29.0 Å². The molecule has 1 saturated carbocycles. The van der Waals surface area contributed by atoms with Crippen molar-refractivity contribution in [1.29, 1.82) is 0 Å². The molecule has 1 aromatic carbocycles. The van der Waals surface area contributed by atoms with Crippen LogP contribution in [0.15, 0.2) is 66.0 Å². The van der Waals surface area contributed by atoms with Crippen LogP contribution in [-0.2, 0) is 0 Å². The van der Waals surface area contributed by atoms with Crippen molar-refractivity contribution in [3.05, 3.63) is 94.1 Å². The second kappa shape index (κ2) is 11.0. The summed E-state index contributed by atoms with van der Waals surface area (Å²) in [5, 5.41) is 7.52. The van der Waals surface area contributed by atoms with Gasteiger partial charge in [-0.25, -0.2) is 9.50 Å². The Hall–Kier alpha value is -4.83. The molecule has 0 unspecified atom stereocenters. The maximum Gasteiger partial charge on any atom is 0.261 e. The van der Waals surface area contributed by atoms with Crippen LogP contribution in [-0.4, -0.2) is 55.1 Å². The minimum atomic E-state index is -0.434. The predicted molar refractivity (Wildman–Crippen MR) is 172 cm³/mol. The summed E-state index contributed by atoms with van der Waals surface area (Å²) in [5.41, 5.74) is 13.5. The summed E-state index contributed by atoms with van der Waals surface area (Å²) >= 11 is 0. The number of hydrogen-bond donors (Lipinski definition) is 2. The Morgan fingerprint density at radius 2 is 1.75 bits per heavy atom. The van der Waals surface area contributed by atoms with Gasteiger partial charge in [-0.05, 0) is 89.5 Å². The molecule has 1 aliphatic heterocycles. The van der Waals surface area contributed by atoms with Gasteiger partial charge in [-0.15, -0.1) is 0 Å². The summed E-state index contributed by atoms with van der Waals surface area (Å²) in [5.74, 6) is 0.379. The Morgan fingerprint density at radius 3 is 2.45 bits per heavy atom. The number of rotatable bonds is 6. The highest BCUT2D eigenvalue weighted by atomic mass is 16.2. The number of amides is 1. The van der Waals surface area contributed by atoms with Gasteiger partial charge in [-0.1, -0.05) is 18.2 Å². The predicted octanol–water partition coefficient (Wildman–Crippen LogP) is 5.22. The average Bonchev–Trinajstić information content (AvgIpc) is 3.79. The number of aromatic nitrogens is 5. The fourth-order valence-electron chi connectivity index (χ4n) is 6.52. The van der Waals surface area contributed by atoms with Crippen molar-refractivity contribution in [2.75, 3.05) is 31.2 Å². The molecule has 44 heavy (non-hydrogen) atoms. The molecule has 1 amide bonds. The van der Waals surface area contributed by atoms with Gasteiger partial charge in [-0.3, -0.25) is 14.6 Å². The molecule has 4 aromatic heterocycles. The average molecular weight is 589 g/mol. The number of nitrogens with zero attached hydrogens (tertiary/aromatic N) is 6. The number of aryl methyl sites for hydroxylation is 1. The molecule has 224 valence electrons. The first-order chi connectivity index (χ1) is 21.3. The van der Waals surface area contributed by atoms with E-state index in [1.165, 1.54) is 6.33 Å². The first kappa shape index (κ1) is 28.0. The number of nitrogens with two attached hydrogens (primary N) is 1. The van der Waals surface area contributed by atoms with Crippen LogP contribution in [0.25, 0.3) is 27.8 Å². The number of carbonyl (C=O) groups is 1. The van der Waals surface area contributed by atoms with E-state index in [0.29, 0.717) is 29.0 Å². The van der Waals surface area contributed by atoms with Gasteiger partial charge >= 0.3 is 0 Å². The molecule has 10 nitrogen and oxygen atoms in total. The number of carbonyl (C=O) groups excluding carboxylic acids is 1. The number of nitrogen functional groups attached to an aromatic ring is 1. The third-order valence-electron chi connectivity index (χ3n) is 9.15. The summed E-state index contributed by atoms with van der Waals surface area (Å²) in [7, 11) is 2.15. The second-order valence-electron chi connectivity index (χ2n) is 12.1. The van der Waals surface area contributed by atoms with Gasteiger partial charge in [0.2, 0.25) is 5.43 Å². The highest BCUT2D eigenvalue weighted by Gasteiger charge is 2.29. The summed E-state index contributed by atoms with van der Waals surface area (Å²) < 4.78 is 4.01. The molecule has 2 aliphatic rings. The molecular formula is C34H36N8O2. The van der Waals surface area contributed by atoms with Crippen molar-refractivity contribution in [2.45, 2.75) is 51.5 Å². The van der Waals surface area contributed by atoms with Crippen molar-refractivity contribution in [3.63, 3.8) is 0 Å². The van der Waals surface area contributed by atoms with Gasteiger partial charge in [0, 0.05) is 58.2 Å². The lowest BCUT2D eigenvalue weighted by atomic mass is 9.93. The van der Waals surface area contributed by atoms with E-state index in [0.717, 1.165) is 78.1 Å². The van der Waals surface area contributed by atoms with Crippen LogP contribution in [0.5, 0.6) is 0 Å². The Morgan fingerprint density at radius 1 is 1.00 bits per heavy atom. The van der Waals surface area contributed by atoms with Crippen LogP contribution < -0.4 is 16.5 Å². The molecule has 7 rings (SSSR count). The third kappa shape index (κ3) is 4.94. The van der Waals surface area contributed by atoms with Gasteiger partial charge < -0.3 is 20.5 Å². The highest BCUT2D eigenvalue weighted by Crippen LogP contribution is 2.38. The van der Waals surface area contributed by atoms with Gasteiger partial charge in [0.25, 0.3) is 5.91 Å². The Balaban J connectivity index is 1.20. The number of pyridine rings is 2. The molecule has 5 aromatic rings. The molecule has 0 spiro atoms. The second-order valence-corrected chi connectivity index (χ2v) is 12.1. The fourth-order valence-corrected chi connectivity index (χ4v) is 6.52. The topological polar surface area (TPSA) is 123 Å². The van der Waals surface area contributed by atoms with E-state index in [1.54, 1.807) is 12.4 Å². The highest BCUT2D eigenvalue weighted by molar-refractivity contribution is 6.05. The van der Waals surface area contributed by atoms with Crippen LogP contribution in [0.2, 0.25) is 0 Å². The van der Waals surface area contributed by atoms with E-state index < -0.39 is 5.91 Å². The number of benzene rings is 1. The molecule has 0 radical (unpaired) electrons. The van der Waals surface area contributed by atoms with E-state index in [1.807, 2.05) is 54.8 Å². The van der Waals surface area contributed by atoms with Gasteiger partial charge in [0.15, 0.2) is 5.82 Å². The van der Waals surface area contributed by atoms with Crippen molar-refractivity contribution in [3.8, 4) is 22.3 Å². The Labute approximate surface area is 255 Å². The van der Waals surface area contributed by atoms with Crippen molar-refractivity contribution in [2.24, 2.45) is 0 Å². The zero-order valence-corrected chi connectivity index (χ0v) is 25.2. The first-order valence-corrected chi connectivity index (χ1v) is 15.2. The minimum Gasteiger partial charge on any atom is -0.382 e. The fraction of sp³-hybridized carbons (Fsp3) is 0.324. The summed E-state index contributed by atoms with van der Waals surface area (Å²) in [6, 6.07) is 13.8. The van der Waals surface area contributed by atoms with E-state index in [9.17, 15) is 9.59 Å². The summed E-state index contributed by atoms with van der Waals surface area (Å²) in [6.07, 6.45) is 9.10. The maximum absolute atomic E-state index is 13.8. The van der Waals surface area contributed by atoms with Crippen LogP contribution in [0, 0.1) is 13.8 Å². The summed E-state index contributed by atoms with van der Waals surface area (Å²) in [6.45, 7) is 5.91. The van der Waals surface area contributed by atoms with Crippen LogP contribution in [0.3, 0.4) is 0 Å². The van der Waals surface area contributed by atoms with Crippen LogP contribution in [0.1, 0.15) is 65.1 Å². The molecule has 1 saturated heterocycles. The van der Waals surface area contributed by atoms with E-state index in [-0.39, 0.29) is 11.0 Å². The maximum atomic E-state index is 13.8. The summed E-state index contributed by atoms with van der Waals surface area (Å²) in [4.78, 5) is 38.4. The zero-order valence-electron chi connectivity index (χ0n) is 25.2. The van der Waals surface area contributed by atoms with E-state index in [2.05, 4.69) is 43.0 Å². The monoisotopic (exact) mass is 588 g/mol. The van der Waals surface area contributed by atoms with Crippen LogP contribution in [0.4, 0.5) is 11.5 Å². The number of nitrogens with one attached hydrogen (secondary N) is 1. The van der Waals surface area contributed by atoms with E-state index in [4.69, 9.17) is 5.73 Å². The number of anilines is 2. The molecular weight excluding hydrogens is 552 g/mol. The van der Waals surface area contributed by atoms with Gasteiger partial charge in [-0.2, -0.15) is 5.10 Å². The van der Waals surface area contributed by atoms with Crippen molar-refractivity contribution < 1.29 is 4.79 Å². The lowest BCUT2D eigenvalue weighted by Crippen LogP contribution is -2.29. The van der Waals surface area contributed by atoms with Crippen LogP contribution >= 0.6 is 0 Å². The number of hydrogen-bond acceptors (Lipinski definition) is 7. The van der Waals surface area contributed by atoms with E-state index >= 15 is 0 Å². The Kier molecular flexibility index (Phi) is 7.01. The lowest BCUT2D eigenvalue weighted by molar-refractivity contribution is 0.102. The molecule has 0 bridgehead atoms. The smallest absolute Gasteiger partial charge is 0.261 e. The molecule has 5 heterocycles. The lowest BCUT2D eigenvalue weighted by Gasteiger charge is -2.28. The number of fused-ring (bicyclic) bond motifs is 1. The standard InChI is InChI=1S/C34H36N8O2/c1-20-26(5-4-14-36-20)30-21(2)41(25-10-11-25)18-28(32(30)43)34(44)39-24-8-6-22(7-9-24)27-17-29(23-12-15-40(3)16-13-23)42-31(27)33(35)37-19-38-42/h4-9,14,17-19,23,25H,10-13,15-16H2,1-3H3,(H,39,44)(H2,35,37,38). The third-order valence-corrected chi connectivity index (χ3v) is 9.15. The van der Waals surface area contributed by atoms with Gasteiger partial charge in [0.1, 0.15) is 17.4 Å². The normalized spacial score (nSPS) is 16.0. The van der Waals surface area contributed by atoms with Crippen molar-refractivity contribution >= 4 is 22.9 Å². The first-order valence-electron chi connectivity index (χ1n) is 15.2. The quantitative estimate of drug-likeness (QED) is 0.279. The minimum absolute atomic E-state index is 0.121. The molecule has 10 heteroatoms.